The number of ketones is 1. The second-order valence-electron chi connectivity index (χ2n) is 5.31. The molecule has 1 aliphatic rings. The molecule has 0 saturated heterocycles. The average molecular weight is 289 g/mol. The number of halogens is 1. The number of fused-ring (bicyclic) bond motifs is 1. The highest BCUT2D eigenvalue weighted by atomic mass is 35.5. The monoisotopic (exact) mass is 288 g/mol. The van der Waals surface area contributed by atoms with Crippen LogP contribution in [0.4, 0.5) is 0 Å². The normalized spacial score (nSPS) is 17.6. The Kier molecular flexibility index (Phi) is 3.38. The summed E-state index contributed by atoms with van der Waals surface area (Å²) in [5.41, 5.74) is 3.89. The van der Waals surface area contributed by atoms with Gasteiger partial charge >= 0.3 is 0 Å². The second-order valence-corrected chi connectivity index (χ2v) is 5.69. The van der Waals surface area contributed by atoms with Crippen molar-refractivity contribution in [3.8, 4) is 0 Å². The summed E-state index contributed by atoms with van der Waals surface area (Å²) in [6.07, 6.45) is 2.28. The number of Topliss-reactive ketones (excluding diaryl/α,β-unsaturated/α-hetero) is 1. The van der Waals surface area contributed by atoms with Gasteiger partial charge in [-0.25, -0.2) is 0 Å². The van der Waals surface area contributed by atoms with Gasteiger partial charge in [-0.15, -0.1) is 0 Å². The summed E-state index contributed by atoms with van der Waals surface area (Å²) in [5.74, 6) is 0.223. The third kappa shape index (κ3) is 2.06. The Hall–Kier alpha value is -1.61. The number of benzene rings is 1. The van der Waals surface area contributed by atoms with Gasteiger partial charge in [0, 0.05) is 24.9 Å². The molecule has 0 fully saturated rings. The summed E-state index contributed by atoms with van der Waals surface area (Å²) in [6.45, 7) is 2.04. The fraction of sp³-hybridized carbons (Fsp3) is 0.375. The maximum absolute atomic E-state index is 12.4. The molecular formula is C16H17ClN2O. The summed E-state index contributed by atoms with van der Waals surface area (Å²) in [5, 5.41) is 5.14. The molecule has 1 unspecified atom stereocenters. The topological polar surface area (TPSA) is 34.9 Å². The number of aryl methyl sites for hydroxylation is 2. The fourth-order valence-corrected chi connectivity index (χ4v) is 3.33. The standard InChI is InChI=1S/C16H17ClN2O/c1-3-13-15(17)14(19(2)18-13)9-11-8-10-6-4-5-7-12(10)16(11)20/h4-7,11H,3,8-9H2,1-2H3. The molecule has 1 heterocycles. The van der Waals surface area contributed by atoms with Crippen LogP contribution < -0.4 is 0 Å². The number of hydrogen-bond donors (Lipinski definition) is 0. The number of carbonyl (C=O) groups is 1. The molecule has 0 amide bonds. The van der Waals surface area contributed by atoms with Crippen molar-refractivity contribution in [1.29, 1.82) is 0 Å². The average Bonchev–Trinajstić information content (AvgIpc) is 2.91. The maximum atomic E-state index is 12.4. The Labute approximate surface area is 123 Å². The molecule has 1 atom stereocenters. The number of hydrogen-bond acceptors (Lipinski definition) is 2. The molecule has 0 aliphatic heterocycles. The largest absolute Gasteiger partial charge is 0.294 e. The van der Waals surface area contributed by atoms with Crippen molar-refractivity contribution in [2.24, 2.45) is 13.0 Å². The smallest absolute Gasteiger partial charge is 0.166 e. The molecule has 0 radical (unpaired) electrons. The van der Waals surface area contributed by atoms with Gasteiger partial charge < -0.3 is 0 Å². The van der Waals surface area contributed by atoms with E-state index in [0.717, 1.165) is 40.4 Å². The van der Waals surface area contributed by atoms with Crippen molar-refractivity contribution in [1.82, 2.24) is 9.78 Å². The molecule has 4 heteroatoms. The van der Waals surface area contributed by atoms with Gasteiger partial charge in [-0.3, -0.25) is 9.48 Å². The molecule has 20 heavy (non-hydrogen) atoms. The van der Waals surface area contributed by atoms with Crippen LogP contribution in [0.15, 0.2) is 24.3 Å². The van der Waals surface area contributed by atoms with Crippen molar-refractivity contribution in [2.45, 2.75) is 26.2 Å². The highest BCUT2D eigenvalue weighted by molar-refractivity contribution is 6.32. The van der Waals surface area contributed by atoms with E-state index in [1.54, 1.807) is 0 Å². The van der Waals surface area contributed by atoms with E-state index < -0.39 is 0 Å². The summed E-state index contributed by atoms with van der Waals surface area (Å²) in [7, 11) is 1.90. The van der Waals surface area contributed by atoms with Crippen LogP contribution in [0.5, 0.6) is 0 Å². The molecule has 1 aromatic carbocycles. The van der Waals surface area contributed by atoms with E-state index in [1.807, 2.05) is 42.9 Å². The fourth-order valence-electron chi connectivity index (χ4n) is 2.96. The quantitative estimate of drug-likeness (QED) is 0.869. The van der Waals surface area contributed by atoms with Crippen molar-refractivity contribution in [2.75, 3.05) is 0 Å². The van der Waals surface area contributed by atoms with Gasteiger partial charge in [0.2, 0.25) is 0 Å². The molecule has 2 aromatic rings. The molecule has 3 rings (SSSR count). The summed E-state index contributed by atoms with van der Waals surface area (Å²) < 4.78 is 1.82. The first-order chi connectivity index (χ1) is 9.61. The maximum Gasteiger partial charge on any atom is 0.166 e. The van der Waals surface area contributed by atoms with Crippen LogP contribution in [0.25, 0.3) is 0 Å². The van der Waals surface area contributed by atoms with E-state index in [-0.39, 0.29) is 11.7 Å². The van der Waals surface area contributed by atoms with Crippen molar-refractivity contribution in [3.63, 3.8) is 0 Å². The number of nitrogens with zero attached hydrogens (tertiary/aromatic N) is 2. The lowest BCUT2D eigenvalue weighted by molar-refractivity contribution is 0.0935. The van der Waals surface area contributed by atoms with E-state index in [9.17, 15) is 4.79 Å². The van der Waals surface area contributed by atoms with Gasteiger partial charge in [0.25, 0.3) is 0 Å². The minimum atomic E-state index is -0.00925. The van der Waals surface area contributed by atoms with E-state index >= 15 is 0 Å². The van der Waals surface area contributed by atoms with Crippen molar-refractivity contribution in [3.05, 3.63) is 51.8 Å². The highest BCUT2D eigenvalue weighted by Gasteiger charge is 2.31. The molecule has 0 saturated carbocycles. The third-order valence-electron chi connectivity index (χ3n) is 4.06. The van der Waals surface area contributed by atoms with Gasteiger partial charge in [-0.1, -0.05) is 42.8 Å². The zero-order chi connectivity index (χ0) is 14.3. The van der Waals surface area contributed by atoms with Gasteiger partial charge in [0.05, 0.1) is 16.4 Å². The van der Waals surface area contributed by atoms with Gasteiger partial charge in [-0.2, -0.15) is 5.10 Å². The zero-order valence-electron chi connectivity index (χ0n) is 11.7. The van der Waals surface area contributed by atoms with Crippen LogP contribution in [-0.4, -0.2) is 15.6 Å². The predicted molar refractivity (Wildman–Crippen MR) is 79.3 cm³/mol. The number of aromatic nitrogens is 2. The minimum absolute atomic E-state index is 0.00925. The highest BCUT2D eigenvalue weighted by Crippen LogP contribution is 2.31. The lowest BCUT2D eigenvalue weighted by Gasteiger charge is -2.08. The lowest BCUT2D eigenvalue weighted by Crippen LogP contribution is -2.14. The predicted octanol–water partition coefficient (Wildman–Crippen LogP) is 3.23. The Bertz CT molecular complexity index is 675. The lowest BCUT2D eigenvalue weighted by atomic mass is 9.98. The Morgan fingerprint density at radius 3 is 2.80 bits per heavy atom. The summed E-state index contributed by atoms with van der Waals surface area (Å²) >= 11 is 6.37. The second kappa shape index (κ2) is 5.06. The van der Waals surface area contributed by atoms with Crippen molar-refractivity contribution < 1.29 is 4.79 Å². The first-order valence-electron chi connectivity index (χ1n) is 6.94. The number of rotatable bonds is 3. The van der Waals surface area contributed by atoms with Crippen molar-refractivity contribution >= 4 is 17.4 Å². The molecule has 1 aliphatic carbocycles. The van der Waals surface area contributed by atoms with Crippen LogP contribution in [-0.2, 0) is 26.3 Å². The van der Waals surface area contributed by atoms with Crippen LogP contribution in [0.3, 0.4) is 0 Å². The van der Waals surface area contributed by atoms with Crippen LogP contribution in [0.1, 0.15) is 34.2 Å². The van der Waals surface area contributed by atoms with Gasteiger partial charge in [0.15, 0.2) is 5.78 Å². The molecule has 0 N–H and O–H groups in total. The zero-order valence-corrected chi connectivity index (χ0v) is 12.4. The third-order valence-corrected chi connectivity index (χ3v) is 4.50. The van der Waals surface area contributed by atoms with E-state index in [4.69, 9.17) is 11.6 Å². The van der Waals surface area contributed by atoms with Gasteiger partial charge in [-0.05, 0) is 18.4 Å². The molecule has 104 valence electrons. The number of carbonyl (C=O) groups excluding carboxylic acids is 1. The first kappa shape index (κ1) is 13.4. The first-order valence-corrected chi connectivity index (χ1v) is 7.32. The Balaban J connectivity index is 1.88. The van der Waals surface area contributed by atoms with Gasteiger partial charge in [0.1, 0.15) is 0 Å². The van der Waals surface area contributed by atoms with E-state index in [1.165, 1.54) is 0 Å². The SMILES string of the molecule is CCc1nn(C)c(CC2Cc3ccccc3C2=O)c1Cl. The Morgan fingerprint density at radius 1 is 1.40 bits per heavy atom. The Morgan fingerprint density at radius 2 is 2.15 bits per heavy atom. The van der Waals surface area contributed by atoms with Crippen LogP contribution in [0, 0.1) is 5.92 Å². The molecular weight excluding hydrogens is 272 g/mol. The summed E-state index contributed by atoms with van der Waals surface area (Å²) in [6, 6.07) is 7.86. The van der Waals surface area contributed by atoms with Crippen LogP contribution >= 0.6 is 11.6 Å². The van der Waals surface area contributed by atoms with Crippen LogP contribution in [0.2, 0.25) is 5.02 Å². The molecule has 0 spiro atoms. The summed E-state index contributed by atoms with van der Waals surface area (Å²) in [4.78, 5) is 12.4. The minimum Gasteiger partial charge on any atom is -0.294 e. The molecule has 0 bridgehead atoms. The van der Waals surface area contributed by atoms with E-state index in [2.05, 4.69) is 5.10 Å². The molecule has 3 nitrogen and oxygen atoms in total. The molecule has 1 aromatic heterocycles. The van der Waals surface area contributed by atoms with E-state index in [0.29, 0.717) is 6.42 Å².